The molecule has 17 heavy (non-hydrogen) atoms. The van der Waals surface area contributed by atoms with Gasteiger partial charge < -0.3 is 5.32 Å². The lowest BCUT2D eigenvalue weighted by molar-refractivity contribution is -0.137. The fourth-order valence-electron chi connectivity index (χ4n) is 1.54. The van der Waals surface area contributed by atoms with Gasteiger partial charge in [0.05, 0.1) is 15.8 Å². The number of hydrogen-bond acceptors (Lipinski definition) is 4. The Bertz CT molecular complexity index is 499. The predicted octanol–water partition coefficient (Wildman–Crippen LogP) is 0.998. The molecule has 2 rings (SSSR count). The van der Waals surface area contributed by atoms with Crippen LogP contribution >= 0.6 is 27.3 Å². The second-order valence-electron chi connectivity index (χ2n) is 3.66. The van der Waals surface area contributed by atoms with Crippen LogP contribution in [0, 0.1) is 0 Å². The molecule has 0 aliphatic carbocycles. The third-order valence-corrected chi connectivity index (χ3v) is 4.02. The van der Waals surface area contributed by atoms with Gasteiger partial charge in [-0.25, -0.2) is 0 Å². The number of imide groups is 1. The molecule has 1 atom stereocenters. The average molecular weight is 317 g/mol. The molecule has 1 aromatic rings. The SMILES string of the molecule is CN1C(=O)CC(NC(=O)c2csc(Br)c2)C1=O. The molecule has 1 aromatic heterocycles. The van der Waals surface area contributed by atoms with Gasteiger partial charge in [0.2, 0.25) is 5.91 Å². The summed E-state index contributed by atoms with van der Waals surface area (Å²) in [7, 11) is 1.41. The van der Waals surface area contributed by atoms with Gasteiger partial charge in [0.15, 0.2) is 0 Å². The molecule has 0 spiro atoms. The summed E-state index contributed by atoms with van der Waals surface area (Å²) in [6.07, 6.45) is 0.0341. The monoisotopic (exact) mass is 316 g/mol. The molecule has 1 unspecified atom stereocenters. The van der Waals surface area contributed by atoms with E-state index in [1.165, 1.54) is 18.4 Å². The van der Waals surface area contributed by atoms with Gasteiger partial charge in [0.1, 0.15) is 6.04 Å². The van der Waals surface area contributed by atoms with Crippen molar-refractivity contribution in [3.05, 3.63) is 20.8 Å². The third kappa shape index (κ3) is 2.39. The normalized spacial score (nSPS) is 19.9. The lowest BCUT2D eigenvalue weighted by Crippen LogP contribution is -2.40. The summed E-state index contributed by atoms with van der Waals surface area (Å²) >= 11 is 4.64. The van der Waals surface area contributed by atoms with Crippen LogP contribution in [0.1, 0.15) is 16.8 Å². The Balaban J connectivity index is 2.05. The summed E-state index contributed by atoms with van der Waals surface area (Å²) in [5, 5.41) is 4.24. The number of hydrogen-bond donors (Lipinski definition) is 1. The van der Waals surface area contributed by atoms with Gasteiger partial charge in [0.25, 0.3) is 11.8 Å². The van der Waals surface area contributed by atoms with Gasteiger partial charge in [-0.3, -0.25) is 19.3 Å². The van der Waals surface area contributed by atoms with Gasteiger partial charge >= 0.3 is 0 Å². The van der Waals surface area contributed by atoms with E-state index in [0.29, 0.717) is 5.56 Å². The molecule has 1 fully saturated rings. The van der Waals surface area contributed by atoms with E-state index in [2.05, 4.69) is 21.2 Å². The number of nitrogens with zero attached hydrogens (tertiary/aromatic N) is 1. The van der Waals surface area contributed by atoms with Crippen LogP contribution in [0.3, 0.4) is 0 Å². The standard InChI is InChI=1S/C10H9BrN2O3S/c1-13-8(14)3-6(10(13)16)12-9(15)5-2-7(11)17-4-5/h2,4,6H,3H2,1H3,(H,12,15). The molecular weight excluding hydrogens is 308 g/mol. The molecule has 7 heteroatoms. The van der Waals surface area contributed by atoms with Gasteiger partial charge in [0, 0.05) is 12.4 Å². The van der Waals surface area contributed by atoms with Crippen LogP contribution in [0.15, 0.2) is 15.2 Å². The lowest BCUT2D eigenvalue weighted by Gasteiger charge is -2.10. The minimum absolute atomic E-state index is 0.0341. The van der Waals surface area contributed by atoms with E-state index in [1.807, 2.05) is 0 Å². The Hall–Kier alpha value is -1.21. The van der Waals surface area contributed by atoms with E-state index in [1.54, 1.807) is 11.4 Å². The lowest BCUT2D eigenvalue weighted by atomic mass is 10.2. The highest BCUT2D eigenvalue weighted by molar-refractivity contribution is 9.11. The molecule has 0 bridgehead atoms. The van der Waals surface area contributed by atoms with Crippen LogP contribution in [0.4, 0.5) is 0 Å². The minimum atomic E-state index is -0.737. The Kier molecular flexibility index (Phi) is 3.30. The Labute approximate surface area is 110 Å². The summed E-state index contributed by atoms with van der Waals surface area (Å²) in [6.45, 7) is 0. The number of thiophene rings is 1. The number of likely N-dealkylation sites (tertiary alicyclic amines) is 1. The van der Waals surface area contributed by atoms with Crippen molar-refractivity contribution in [1.82, 2.24) is 10.2 Å². The van der Waals surface area contributed by atoms with Crippen molar-refractivity contribution in [2.24, 2.45) is 0 Å². The van der Waals surface area contributed by atoms with Gasteiger partial charge in [-0.2, -0.15) is 0 Å². The molecule has 0 aromatic carbocycles. The molecule has 1 N–H and O–H groups in total. The first-order chi connectivity index (χ1) is 7.99. The summed E-state index contributed by atoms with van der Waals surface area (Å²) in [5.74, 6) is -0.974. The molecule has 0 radical (unpaired) electrons. The van der Waals surface area contributed by atoms with E-state index >= 15 is 0 Å². The van der Waals surface area contributed by atoms with Crippen LogP contribution in [0.2, 0.25) is 0 Å². The first-order valence-corrected chi connectivity index (χ1v) is 6.51. The zero-order chi connectivity index (χ0) is 12.6. The number of carbonyl (C=O) groups excluding carboxylic acids is 3. The molecule has 3 amide bonds. The van der Waals surface area contributed by atoms with Crippen molar-refractivity contribution in [1.29, 1.82) is 0 Å². The van der Waals surface area contributed by atoms with Gasteiger partial charge in [-0.1, -0.05) is 0 Å². The molecule has 90 valence electrons. The van der Waals surface area contributed by atoms with Crippen LogP contribution in [-0.2, 0) is 9.59 Å². The second-order valence-corrected chi connectivity index (χ2v) is 5.95. The van der Waals surface area contributed by atoms with E-state index < -0.39 is 6.04 Å². The Morgan fingerprint density at radius 3 is 2.76 bits per heavy atom. The third-order valence-electron chi connectivity index (χ3n) is 2.52. The maximum Gasteiger partial charge on any atom is 0.252 e. The zero-order valence-corrected chi connectivity index (χ0v) is 11.3. The fourth-order valence-corrected chi connectivity index (χ4v) is 2.68. The van der Waals surface area contributed by atoms with Crippen LogP contribution < -0.4 is 5.32 Å². The summed E-state index contributed by atoms with van der Waals surface area (Å²) in [6, 6.07) is 0.934. The number of amides is 3. The molecule has 1 aliphatic rings. The van der Waals surface area contributed by atoms with Crippen molar-refractivity contribution < 1.29 is 14.4 Å². The van der Waals surface area contributed by atoms with Gasteiger partial charge in [-0.15, -0.1) is 11.3 Å². The van der Waals surface area contributed by atoms with Crippen molar-refractivity contribution in [2.75, 3.05) is 7.05 Å². The molecule has 5 nitrogen and oxygen atoms in total. The minimum Gasteiger partial charge on any atom is -0.340 e. The van der Waals surface area contributed by atoms with E-state index in [9.17, 15) is 14.4 Å². The average Bonchev–Trinajstić information content (AvgIpc) is 2.80. The Morgan fingerprint density at radius 1 is 1.59 bits per heavy atom. The van der Waals surface area contributed by atoms with Crippen molar-refractivity contribution in [2.45, 2.75) is 12.5 Å². The number of halogens is 1. The van der Waals surface area contributed by atoms with Gasteiger partial charge in [-0.05, 0) is 22.0 Å². The first kappa shape index (κ1) is 12.3. The number of rotatable bonds is 2. The highest BCUT2D eigenvalue weighted by Gasteiger charge is 2.37. The number of likely N-dealkylation sites (N-methyl/N-ethyl adjacent to an activating group) is 1. The van der Waals surface area contributed by atoms with E-state index in [0.717, 1.165) is 8.69 Å². The highest BCUT2D eigenvalue weighted by Crippen LogP contribution is 2.21. The summed E-state index contributed by atoms with van der Waals surface area (Å²) in [5.41, 5.74) is 0.483. The van der Waals surface area contributed by atoms with E-state index in [4.69, 9.17) is 0 Å². The predicted molar refractivity (Wildman–Crippen MR) is 65.7 cm³/mol. The number of carbonyl (C=O) groups is 3. The quantitative estimate of drug-likeness (QED) is 0.828. The first-order valence-electron chi connectivity index (χ1n) is 4.84. The Morgan fingerprint density at radius 2 is 2.29 bits per heavy atom. The van der Waals surface area contributed by atoms with Crippen molar-refractivity contribution >= 4 is 45.0 Å². The molecule has 1 saturated heterocycles. The maximum absolute atomic E-state index is 11.8. The van der Waals surface area contributed by atoms with Crippen LogP contribution in [0.25, 0.3) is 0 Å². The summed E-state index contributed by atoms with van der Waals surface area (Å²) in [4.78, 5) is 35.6. The van der Waals surface area contributed by atoms with E-state index in [-0.39, 0.29) is 24.1 Å². The van der Waals surface area contributed by atoms with Crippen molar-refractivity contribution in [3.63, 3.8) is 0 Å². The molecule has 2 heterocycles. The number of nitrogens with one attached hydrogen (secondary N) is 1. The maximum atomic E-state index is 11.8. The second kappa shape index (κ2) is 4.58. The molecular formula is C10H9BrN2O3S. The highest BCUT2D eigenvalue weighted by atomic mass is 79.9. The topological polar surface area (TPSA) is 66.5 Å². The fraction of sp³-hybridized carbons (Fsp3) is 0.300. The molecule has 0 saturated carbocycles. The van der Waals surface area contributed by atoms with Crippen LogP contribution in [-0.4, -0.2) is 35.7 Å². The molecule has 1 aliphatic heterocycles. The summed E-state index contributed by atoms with van der Waals surface area (Å²) < 4.78 is 0.841. The zero-order valence-electron chi connectivity index (χ0n) is 8.90. The van der Waals surface area contributed by atoms with Crippen molar-refractivity contribution in [3.8, 4) is 0 Å². The largest absolute Gasteiger partial charge is 0.340 e. The smallest absolute Gasteiger partial charge is 0.252 e. The van der Waals surface area contributed by atoms with Crippen LogP contribution in [0.5, 0.6) is 0 Å².